The molecule has 2 N–H and O–H groups in total. The molecule has 36 heavy (non-hydrogen) atoms. The number of methoxy groups -OCH3 is 1. The normalized spacial score (nSPS) is 10.4. The average molecular weight is 516 g/mol. The third-order valence-electron chi connectivity index (χ3n) is 4.87. The molecule has 196 valence electrons. The predicted octanol–water partition coefficient (Wildman–Crippen LogP) is 7.63. The molecule has 0 bridgehead atoms. The molecule has 0 spiro atoms. The summed E-state index contributed by atoms with van der Waals surface area (Å²) in [4.78, 5) is 16.4. The standard InChI is InChI=1S/C25H30ClN3O4.C3H8/c1-17(2)9-12-28-25(30)29-18-5-7-19(8-6-18)33-22-10-13-27-21-16-24(32-14-4-11-26)23(31-3)15-20(21)22;1-3-2/h5-8,10,13,15-17H,4,9,11-12,14H2,1-3H3,(H2,28,29,30);3H2,1-2H3. The average Bonchev–Trinajstić information content (AvgIpc) is 2.85. The van der Waals surface area contributed by atoms with Gasteiger partial charge < -0.3 is 24.8 Å². The Hall–Kier alpha value is -3.19. The summed E-state index contributed by atoms with van der Waals surface area (Å²) in [5.74, 6) is 3.55. The number of fused-ring (bicyclic) bond motifs is 1. The quantitative estimate of drug-likeness (QED) is 0.202. The maximum absolute atomic E-state index is 12.0. The molecule has 7 nitrogen and oxygen atoms in total. The molecular weight excluding hydrogens is 478 g/mol. The fraction of sp³-hybridized carbons (Fsp3) is 0.429. The van der Waals surface area contributed by atoms with Crippen molar-refractivity contribution in [1.82, 2.24) is 10.3 Å². The zero-order valence-electron chi connectivity index (χ0n) is 21.9. The van der Waals surface area contributed by atoms with Crippen LogP contribution in [-0.4, -0.2) is 37.2 Å². The van der Waals surface area contributed by atoms with Crippen molar-refractivity contribution in [3.05, 3.63) is 48.7 Å². The van der Waals surface area contributed by atoms with E-state index in [1.165, 1.54) is 6.42 Å². The number of ether oxygens (including phenoxy) is 3. The second-order valence-corrected chi connectivity index (χ2v) is 9.00. The molecule has 3 aromatic rings. The van der Waals surface area contributed by atoms with Gasteiger partial charge in [0, 0.05) is 35.8 Å². The highest BCUT2D eigenvalue weighted by molar-refractivity contribution is 6.17. The van der Waals surface area contributed by atoms with Gasteiger partial charge in [0.05, 0.1) is 19.2 Å². The van der Waals surface area contributed by atoms with Crippen LogP contribution in [-0.2, 0) is 0 Å². The number of hydrogen-bond donors (Lipinski definition) is 2. The minimum atomic E-state index is -0.222. The highest BCUT2D eigenvalue weighted by atomic mass is 35.5. The molecule has 0 fully saturated rings. The number of alkyl halides is 1. The van der Waals surface area contributed by atoms with E-state index in [4.69, 9.17) is 25.8 Å². The van der Waals surface area contributed by atoms with E-state index >= 15 is 0 Å². The first-order valence-corrected chi connectivity index (χ1v) is 12.9. The number of halogens is 1. The van der Waals surface area contributed by atoms with Crippen molar-refractivity contribution in [2.45, 2.75) is 47.0 Å². The molecule has 1 heterocycles. The van der Waals surface area contributed by atoms with Gasteiger partial charge >= 0.3 is 6.03 Å². The van der Waals surface area contributed by atoms with Crippen molar-refractivity contribution >= 4 is 34.2 Å². The van der Waals surface area contributed by atoms with Gasteiger partial charge in [-0.3, -0.25) is 4.98 Å². The van der Waals surface area contributed by atoms with Crippen LogP contribution in [0.3, 0.4) is 0 Å². The SMILES string of the molecule is CCC.COc1cc2c(Oc3ccc(NC(=O)NCCC(C)C)cc3)ccnc2cc1OCCCCl. The third-order valence-corrected chi connectivity index (χ3v) is 5.14. The molecule has 0 aliphatic rings. The molecule has 0 saturated heterocycles. The fourth-order valence-electron chi connectivity index (χ4n) is 3.11. The highest BCUT2D eigenvalue weighted by Crippen LogP contribution is 2.37. The summed E-state index contributed by atoms with van der Waals surface area (Å²) < 4.78 is 17.4. The Morgan fingerprint density at radius 1 is 1.06 bits per heavy atom. The molecule has 0 aliphatic heterocycles. The van der Waals surface area contributed by atoms with Crippen LogP contribution in [0.25, 0.3) is 10.9 Å². The van der Waals surface area contributed by atoms with E-state index in [-0.39, 0.29) is 6.03 Å². The van der Waals surface area contributed by atoms with Gasteiger partial charge in [-0.25, -0.2) is 4.79 Å². The molecule has 1 aromatic heterocycles. The second-order valence-electron chi connectivity index (χ2n) is 8.62. The Bertz CT molecular complexity index is 1070. The monoisotopic (exact) mass is 515 g/mol. The van der Waals surface area contributed by atoms with E-state index in [1.54, 1.807) is 43.6 Å². The smallest absolute Gasteiger partial charge is 0.319 e. The van der Waals surface area contributed by atoms with Crippen LogP contribution in [0, 0.1) is 5.92 Å². The lowest BCUT2D eigenvalue weighted by atomic mass is 10.1. The summed E-state index contributed by atoms with van der Waals surface area (Å²) in [6.07, 6.45) is 4.61. The van der Waals surface area contributed by atoms with Crippen LogP contribution in [0.15, 0.2) is 48.7 Å². The zero-order chi connectivity index (χ0) is 26.3. The van der Waals surface area contributed by atoms with Gasteiger partial charge in [-0.15, -0.1) is 11.6 Å². The summed E-state index contributed by atoms with van der Waals surface area (Å²) in [6, 6.07) is 12.5. The summed E-state index contributed by atoms with van der Waals surface area (Å²) in [6.45, 7) is 9.63. The first-order chi connectivity index (χ1) is 17.4. The predicted molar refractivity (Wildman–Crippen MR) is 148 cm³/mol. The van der Waals surface area contributed by atoms with Crippen LogP contribution in [0.1, 0.15) is 47.0 Å². The topological polar surface area (TPSA) is 81.7 Å². The number of pyridine rings is 1. The van der Waals surface area contributed by atoms with E-state index in [0.29, 0.717) is 53.6 Å². The molecule has 0 saturated carbocycles. The summed E-state index contributed by atoms with van der Waals surface area (Å²) in [7, 11) is 1.59. The van der Waals surface area contributed by atoms with Crippen molar-refractivity contribution in [1.29, 1.82) is 0 Å². The Morgan fingerprint density at radius 3 is 2.42 bits per heavy atom. The number of benzene rings is 2. The number of aromatic nitrogens is 1. The van der Waals surface area contributed by atoms with Gasteiger partial charge in [-0.1, -0.05) is 34.1 Å². The van der Waals surface area contributed by atoms with Crippen molar-refractivity contribution in [2.75, 3.05) is 31.5 Å². The van der Waals surface area contributed by atoms with E-state index in [2.05, 4.69) is 43.3 Å². The van der Waals surface area contributed by atoms with Crippen LogP contribution >= 0.6 is 11.6 Å². The first kappa shape index (κ1) is 29.0. The molecule has 0 radical (unpaired) electrons. The van der Waals surface area contributed by atoms with Gasteiger partial charge in [0.25, 0.3) is 0 Å². The van der Waals surface area contributed by atoms with Gasteiger partial charge in [-0.2, -0.15) is 0 Å². The van der Waals surface area contributed by atoms with Crippen molar-refractivity contribution < 1.29 is 19.0 Å². The van der Waals surface area contributed by atoms with Crippen LogP contribution < -0.4 is 24.8 Å². The molecule has 0 atom stereocenters. The Balaban J connectivity index is 0.00000145. The Labute approximate surface area is 219 Å². The van der Waals surface area contributed by atoms with Gasteiger partial charge in [0.1, 0.15) is 11.5 Å². The number of nitrogens with one attached hydrogen (secondary N) is 2. The van der Waals surface area contributed by atoms with Gasteiger partial charge in [0.15, 0.2) is 11.5 Å². The second kappa shape index (κ2) is 15.7. The first-order valence-electron chi connectivity index (χ1n) is 12.4. The van der Waals surface area contributed by atoms with Crippen molar-refractivity contribution in [3.63, 3.8) is 0 Å². The lowest BCUT2D eigenvalue weighted by Crippen LogP contribution is -2.30. The minimum absolute atomic E-state index is 0.222. The van der Waals surface area contributed by atoms with Gasteiger partial charge in [-0.05, 0) is 55.2 Å². The Morgan fingerprint density at radius 2 is 1.78 bits per heavy atom. The number of amides is 2. The van der Waals surface area contributed by atoms with Crippen LogP contribution in [0.4, 0.5) is 10.5 Å². The van der Waals surface area contributed by atoms with Crippen LogP contribution in [0.2, 0.25) is 0 Å². The molecule has 2 aromatic carbocycles. The Kier molecular flexibility index (Phi) is 12.7. The summed E-state index contributed by atoms with van der Waals surface area (Å²) in [5.41, 5.74) is 1.41. The van der Waals surface area contributed by atoms with Gasteiger partial charge in [0.2, 0.25) is 0 Å². The molecule has 0 aliphatic carbocycles. The number of carbonyl (C=O) groups is 1. The number of hydrogen-bond acceptors (Lipinski definition) is 5. The highest BCUT2D eigenvalue weighted by Gasteiger charge is 2.12. The summed E-state index contributed by atoms with van der Waals surface area (Å²) in [5, 5.41) is 6.47. The van der Waals surface area contributed by atoms with Crippen molar-refractivity contribution in [3.8, 4) is 23.0 Å². The largest absolute Gasteiger partial charge is 0.493 e. The maximum atomic E-state index is 12.0. The fourth-order valence-corrected chi connectivity index (χ4v) is 3.22. The van der Waals surface area contributed by atoms with E-state index in [1.807, 2.05) is 12.1 Å². The molecule has 0 unspecified atom stereocenters. The molecule has 3 rings (SSSR count). The molecule has 8 heteroatoms. The number of nitrogens with zero attached hydrogens (tertiary/aromatic N) is 1. The minimum Gasteiger partial charge on any atom is -0.493 e. The van der Waals surface area contributed by atoms with E-state index in [0.717, 1.165) is 23.7 Å². The number of anilines is 1. The van der Waals surface area contributed by atoms with Crippen molar-refractivity contribution in [2.24, 2.45) is 5.92 Å². The summed E-state index contributed by atoms with van der Waals surface area (Å²) >= 11 is 5.74. The lowest BCUT2D eigenvalue weighted by molar-refractivity contribution is 0.251. The van der Waals surface area contributed by atoms with E-state index < -0.39 is 0 Å². The third kappa shape index (κ3) is 9.46. The van der Waals surface area contributed by atoms with Crippen LogP contribution in [0.5, 0.6) is 23.0 Å². The number of carbonyl (C=O) groups excluding carboxylic acids is 1. The zero-order valence-corrected chi connectivity index (χ0v) is 22.7. The van der Waals surface area contributed by atoms with E-state index in [9.17, 15) is 4.79 Å². The number of urea groups is 1. The molecule has 2 amide bonds. The maximum Gasteiger partial charge on any atom is 0.319 e. The number of rotatable bonds is 11. The lowest BCUT2D eigenvalue weighted by Gasteiger charge is -2.14. The molecular formula is C28H38ClN3O4.